The van der Waals surface area contributed by atoms with Crippen molar-refractivity contribution < 1.29 is 56.0 Å². The molecule has 426 valence electrons. The minimum absolute atomic E-state index is 0. The minimum Gasteiger partial charge on any atom is -0.510 e. The Morgan fingerprint density at radius 1 is 0.392 bits per heavy atom. The van der Waals surface area contributed by atoms with Crippen molar-refractivity contribution in [3.63, 3.8) is 0 Å². The van der Waals surface area contributed by atoms with E-state index in [1.165, 1.54) is 44.2 Å². The molecule has 1 aliphatic carbocycles. The molecule has 0 aliphatic heterocycles. The minimum atomic E-state index is -1.66. The largest absolute Gasteiger partial charge is 2.00 e. The Balaban J connectivity index is 0.000000279. The Morgan fingerprint density at radius 3 is 0.899 bits per heavy atom. The van der Waals surface area contributed by atoms with Gasteiger partial charge in [-0.05, 0) is 109 Å². The summed E-state index contributed by atoms with van der Waals surface area (Å²) < 4.78 is 9.44. The molecule has 0 saturated heterocycles. The maximum Gasteiger partial charge on any atom is 2.00 e. The monoisotopic (exact) mass is 1120 g/mol. The van der Waals surface area contributed by atoms with Crippen molar-refractivity contribution in [2.24, 2.45) is 9.98 Å². The molecule has 6 aromatic carbocycles. The van der Waals surface area contributed by atoms with Crippen LogP contribution < -0.4 is 19.7 Å². The first-order chi connectivity index (χ1) is 36.5. The first-order valence-electron chi connectivity index (χ1n) is 28.0. The van der Waals surface area contributed by atoms with Crippen LogP contribution in [0.15, 0.2) is 94.9 Å². The quantitative estimate of drug-likeness (QED) is 0.0618. The summed E-state index contributed by atoms with van der Waals surface area (Å²) in [5, 5.41) is 44.9. The van der Waals surface area contributed by atoms with Gasteiger partial charge in [-0.15, -0.1) is 0 Å². The van der Waals surface area contributed by atoms with Crippen LogP contribution in [0.5, 0.6) is 23.0 Å². The Bertz CT molecular complexity index is 2930. The summed E-state index contributed by atoms with van der Waals surface area (Å²) in [5.74, 6) is 2.02. The second kappa shape index (κ2) is 27.6. The van der Waals surface area contributed by atoms with Crippen LogP contribution in [0, 0.1) is 0 Å². The molecule has 0 aromatic heterocycles. The number of hydrogen-bond acceptors (Lipinski definition) is 10. The number of benzene rings is 6. The standard InChI is InChI=1S/C36H40N2.2C16H24O4.Ni/c1-21(2)26-15-11-16-27(22(3)4)33(26)37-35-30-19-9-13-25-14-10-20-31(32(25)30)36(35)38-34-28(23(5)6)17-12-18-29(34)24(7)8;2*1-8(2)11-7-12(9(3)4)15(20-16(18)19)14(17)13(11)10(5)6;/h9-24H,1-8H3;2*7-10,17H,1-6H3,(H,18,19);/q;;;+2/p-2. The Hall–Kier alpha value is -6.45. The van der Waals surface area contributed by atoms with E-state index >= 15 is 0 Å². The van der Waals surface area contributed by atoms with Gasteiger partial charge in [-0.2, -0.15) is 0 Å². The van der Waals surface area contributed by atoms with Gasteiger partial charge in [-0.3, -0.25) is 0 Å². The molecule has 0 saturated carbocycles. The van der Waals surface area contributed by atoms with E-state index in [9.17, 15) is 30.0 Å². The molecule has 11 heteroatoms. The second-order valence-electron chi connectivity index (χ2n) is 23.7. The van der Waals surface area contributed by atoms with Crippen LogP contribution in [-0.2, 0) is 16.5 Å². The number of nitrogens with zero attached hydrogens (tertiary/aromatic N) is 2. The Labute approximate surface area is 481 Å². The zero-order valence-electron chi connectivity index (χ0n) is 50.4. The number of aliphatic imine (C=N–C) groups is 2. The first kappa shape index (κ1) is 65.1. The van der Waals surface area contributed by atoms with Crippen molar-refractivity contribution in [2.75, 3.05) is 0 Å². The molecule has 1 aliphatic rings. The molecule has 79 heavy (non-hydrogen) atoms. The fourth-order valence-electron chi connectivity index (χ4n) is 10.5. The summed E-state index contributed by atoms with van der Waals surface area (Å²) in [6.45, 7) is 41.8. The second-order valence-corrected chi connectivity index (χ2v) is 23.7. The van der Waals surface area contributed by atoms with Crippen LogP contribution in [0.2, 0.25) is 0 Å². The van der Waals surface area contributed by atoms with E-state index < -0.39 is 12.3 Å². The number of phenolic OH excluding ortho intramolecular Hbond substituents is 2. The number of hydrogen-bond donors (Lipinski definition) is 2. The number of para-hydroxylation sites is 2. The average molecular weight is 1120 g/mol. The van der Waals surface area contributed by atoms with Crippen molar-refractivity contribution >= 4 is 45.9 Å². The van der Waals surface area contributed by atoms with E-state index in [-0.39, 0.29) is 75.0 Å². The normalized spacial score (nSPS) is 13.2. The van der Waals surface area contributed by atoms with Gasteiger partial charge in [0, 0.05) is 27.6 Å². The van der Waals surface area contributed by atoms with Crippen LogP contribution in [0.1, 0.15) is 264 Å². The maximum absolute atomic E-state index is 10.8. The topological polar surface area (TPSA) is 164 Å². The van der Waals surface area contributed by atoms with Crippen molar-refractivity contribution in [3.8, 4) is 23.0 Å². The summed E-state index contributed by atoms with van der Waals surface area (Å²) in [6.07, 6.45) is -3.32. The maximum atomic E-state index is 10.8. The molecule has 0 heterocycles. The van der Waals surface area contributed by atoms with E-state index in [1.54, 1.807) is 0 Å². The molecule has 0 atom stereocenters. The number of carbonyl (C=O) groups excluding carboxylic acids is 2. The number of aromatic hydroxyl groups is 2. The van der Waals surface area contributed by atoms with Gasteiger partial charge in [0.25, 0.3) is 12.3 Å². The summed E-state index contributed by atoms with van der Waals surface area (Å²) in [7, 11) is 0. The van der Waals surface area contributed by atoms with Gasteiger partial charge < -0.3 is 39.5 Å². The van der Waals surface area contributed by atoms with Gasteiger partial charge in [0.1, 0.15) is 11.5 Å². The molecule has 0 bridgehead atoms. The molecule has 0 fully saturated rings. The van der Waals surface area contributed by atoms with Crippen LogP contribution >= 0.6 is 0 Å². The van der Waals surface area contributed by atoms with Gasteiger partial charge in [0.2, 0.25) is 0 Å². The van der Waals surface area contributed by atoms with E-state index in [0.717, 1.165) is 45.1 Å². The van der Waals surface area contributed by atoms with Crippen molar-refractivity contribution in [3.05, 3.63) is 152 Å². The van der Waals surface area contributed by atoms with Crippen LogP contribution in [-0.4, -0.2) is 33.9 Å². The van der Waals surface area contributed by atoms with E-state index in [2.05, 4.69) is 128 Å². The molecular weight excluding hydrogens is 1030 g/mol. The van der Waals surface area contributed by atoms with E-state index in [4.69, 9.17) is 19.5 Å². The number of phenols is 2. The predicted octanol–water partition coefficient (Wildman–Crippen LogP) is 17.6. The first-order valence-corrected chi connectivity index (χ1v) is 28.0. The van der Waals surface area contributed by atoms with Crippen molar-refractivity contribution in [1.82, 2.24) is 0 Å². The Kier molecular flexibility index (Phi) is 22.8. The molecule has 7 rings (SSSR count). The molecule has 6 aromatic rings. The zero-order valence-corrected chi connectivity index (χ0v) is 51.4. The molecule has 0 unspecified atom stereocenters. The van der Waals surface area contributed by atoms with Crippen LogP contribution in [0.3, 0.4) is 0 Å². The number of carbonyl (C=O) groups is 2. The van der Waals surface area contributed by atoms with E-state index in [1.807, 2.05) is 95.2 Å². The number of ether oxygens (including phenoxy) is 2. The smallest absolute Gasteiger partial charge is 0.510 e. The molecule has 10 nitrogen and oxygen atoms in total. The van der Waals surface area contributed by atoms with Crippen molar-refractivity contribution in [1.29, 1.82) is 0 Å². The summed E-state index contributed by atoms with van der Waals surface area (Å²) in [4.78, 5) is 32.6. The zero-order chi connectivity index (χ0) is 58.4. The fourth-order valence-corrected chi connectivity index (χ4v) is 10.5. The molecular formula is C68H86N2NiO8. The summed E-state index contributed by atoms with van der Waals surface area (Å²) in [5.41, 5.74) is 16.6. The SMILES string of the molecule is CC(C)c1cc(C(C)C)c(C(C)C)c(O)c1OC(=O)[O-].CC(C)c1cc(C(C)C)c(C(C)C)c(O)c1OC(=O)[O-].CC(C)c1cccc(C(C)C)c1N=C1C(=Nc2c(C(C)C)cccc2C(C)C)c2cccc3cccc1c23.[Ni+2]. The molecule has 0 radical (unpaired) electrons. The van der Waals surface area contributed by atoms with Crippen LogP contribution in [0.25, 0.3) is 10.8 Å². The number of rotatable bonds is 14. The van der Waals surface area contributed by atoms with Gasteiger partial charge in [0.05, 0.1) is 34.3 Å². The summed E-state index contributed by atoms with van der Waals surface area (Å²) >= 11 is 0. The third-order valence-electron chi connectivity index (χ3n) is 14.5. The molecule has 2 N–H and O–H groups in total. The molecule has 0 spiro atoms. The van der Waals surface area contributed by atoms with Gasteiger partial charge in [0.15, 0.2) is 0 Å². The third kappa shape index (κ3) is 14.7. The predicted molar refractivity (Wildman–Crippen MR) is 318 cm³/mol. The fraction of sp³-hybridized carbons (Fsp3) is 0.441. The third-order valence-corrected chi connectivity index (χ3v) is 14.5. The van der Waals surface area contributed by atoms with Crippen LogP contribution in [0.4, 0.5) is 21.0 Å². The van der Waals surface area contributed by atoms with Gasteiger partial charge in [-0.1, -0.05) is 223 Å². The van der Waals surface area contributed by atoms with Crippen molar-refractivity contribution in [2.45, 2.75) is 198 Å². The molecule has 0 amide bonds. The van der Waals surface area contributed by atoms with E-state index in [0.29, 0.717) is 34.8 Å². The van der Waals surface area contributed by atoms with Gasteiger partial charge >= 0.3 is 16.5 Å². The Morgan fingerprint density at radius 2 is 0.658 bits per heavy atom. The summed E-state index contributed by atoms with van der Waals surface area (Å²) in [6, 6.07) is 30.3. The number of carboxylic acid groups (broad SMARTS) is 2. The van der Waals surface area contributed by atoms with Gasteiger partial charge in [-0.25, -0.2) is 9.98 Å². The average Bonchev–Trinajstić information content (AvgIpc) is 3.63.